The fourth-order valence-electron chi connectivity index (χ4n) is 0.535. The molecule has 0 aliphatic heterocycles. The van der Waals surface area contributed by atoms with Crippen LogP contribution in [0, 0.1) is 10.8 Å². The minimum atomic E-state index is -0.403. The van der Waals surface area contributed by atoms with Gasteiger partial charge in [0, 0.05) is 10.7 Å². The summed E-state index contributed by atoms with van der Waals surface area (Å²) in [6.45, 7) is 7.82. The zero-order valence-electron chi connectivity index (χ0n) is 7.00. The summed E-state index contributed by atoms with van der Waals surface area (Å²) in [6.07, 6.45) is 1.63. The third kappa shape index (κ3) is 2.73. The van der Waals surface area contributed by atoms with Gasteiger partial charge in [-0.1, -0.05) is 67.7 Å². The Kier molecular flexibility index (Phi) is 5.40. The molecule has 0 atom stereocenters. The van der Waals surface area contributed by atoms with Crippen molar-refractivity contribution in [2.75, 3.05) is 5.33 Å². The van der Waals surface area contributed by atoms with Gasteiger partial charge < -0.3 is 0 Å². The van der Waals surface area contributed by atoms with E-state index in [1.807, 2.05) is 0 Å². The lowest BCUT2D eigenvalue weighted by Gasteiger charge is -2.38. The molecule has 0 aromatic carbocycles. The molecule has 1 radical (unpaired) electrons. The Morgan fingerprint density at radius 2 is 1.92 bits per heavy atom. The van der Waals surface area contributed by atoms with Crippen molar-refractivity contribution in [2.45, 2.75) is 17.1 Å². The minimum absolute atomic E-state index is 0.0295. The van der Waals surface area contributed by atoms with Crippen LogP contribution < -0.4 is 0 Å². The summed E-state index contributed by atoms with van der Waals surface area (Å²) in [7, 11) is 0. The fourth-order valence-corrected chi connectivity index (χ4v) is 2.57. The second-order valence-corrected chi connectivity index (χ2v) is 7.56. The van der Waals surface area contributed by atoms with Crippen molar-refractivity contribution in [3.8, 4) is 0 Å². The molecule has 0 amide bonds. The average Bonchev–Trinajstić information content (AvgIpc) is 2.02. The summed E-state index contributed by atoms with van der Waals surface area (Å²) in [4.78, 5) is 0. The number of allylic oxidation sites excluding steroid dienone is 1. The van der Waals surface area contributed by atoms with E-state index in [9.17, 15) is 0 Å². The van der Waals surface area contributed by atoms with E-state index in [-0.39, 0.29) is 5.41 Å². The number of hydrogen-bond donors (Lipinski definition) is 0. The monoisotopic (exact) mass is 379 g/mol. The molecule has 0 unspecified atom stereocenters. The molecule has 0 N–H and O–H groups in total. The minimum Gasteiger partial charge on any atom is -0.110 e. The largest absolute Gasteiger partial charge is 0.113 e. The Labute approximate surface area is 105 Å². The van der Waals surface area contributed by atoms with Crippen LogP contribution in [0.25, 0.3) is 0 Å². The van der Waals surface area contributed by atoms with Gasteiger partial charge in [0.15, 0.2) is 0 Å². The first-order chi connectivity index (χ1) is 5.29. The number of halogens is 4. The second kappa shape index (κ2) is 4.81. The Morgan fingerprint density at radius 1 is 1.50 bits per heavy atom. The van der Waals surface area contributed by atoms with Crippen LogP contribution in [0.1, 0.15) is 13.8 Å². The molecule has 71 valence electrons. The summed E-state index contributed by atoms with van der Waals surface area (Å²) in [5, 5.41) is 1.49. The van der Waals surface area contributed by atoms with Crippen molar-refractivity contribution < 1.29 is 0 Å². The maximum absolute atomic E-state index is 6.00. The molecule has 0 bridgehead atoms. The Balaban J connectivity index is 4.69. The molecule has 0 aromatic heterocycles. The molecule has 0 saturated carbocycles. The van der Waals surface area contributed by atoms with Gasteiger partial charge in [-0.15, -0.1) is 18.2 Å². The van der Waals surface area contributed by atoms with E-state index in [0.29, 0.717) is 5.38 Å². The molecule has 0 aliphatic carbocycles. The highest BCUT2D eigenvalue weighted by Gasteiger charge is 2.45. The van der Waals surface area contributed by atoms with Crippen LogP contribution in [0.4, 0.5) is 0 Å². The van der Waals surface area contributed by atoms with Gasteiger partial charge >= 0.3 is 0 Å². The highest BCUT2D eigenvalue weighted by Crippen LogP contribution is 2.53. The maximum Gasteiger partial charge on any atom is 0.113 e. The molecule has 0 spiro atoms. The van der Waals surface area contributed by atoms with Crippen molar-refractivity contribution >= 4 is 59.4 Å². The molecule has 0 heterocycles. The van der Waals surface area contributed by atoms with Crippen LogP contribution in [-0.4, -0.2) is 8.56 Å². The zero-order valence-corrected chi connectivity index (χ0v) is 12.5. The van der Waals surface area contributed by atoms with Crippen LogP contribution in [0.2, 0.25) is 0 Å². The zero-order chi connectivity index (χ0) is 9.99. The van der Waals surface area contributed by atoms with Crippen molar-refractivity contribution in [1.29, 1.82) is 0 Å². The summed E-state index contributed by atoms with van der Waals surface area (Å²) < 4.78 is -0.403. The lowest BCUT2D eigenvalue weighted by atomic mass is 9.90. The third-order valence-electron chi connectivity index (χ3n) is 1.66. The predicted octanol–water partition coefficient (Wildman–Crippen LogP) is 4.85. The molecule has 12 heavy (non-hydrogen) atoms. The van der Waals surface area contributed by atoms with Gasteiger partial charge in [0.05, 0.1) is 0 Å². The van der Waals surface area contributed by atoms with Crippen molar-refractivity contribution in [2.24, 2.45) is 5.41 Å². The Hall–Kier alpha value is 1.47. The maximum atomic E-state index is 6.00. The van der Waals surface area contributed by atoms with Gasteiger partial charge in [0.1, 0.15) is 8.61 Å². The van der Waals surface area contributed by atoms with Crippen LogP contribution in [0.15, 0.2) is 12.7 Å². The number of rotatable bonds is 4. The lowest BCUT2D eigenvalue weighted by molar-refractivity contribution is 0.418. The van der Waals surface area contributed by atoms with Gasteiger partial charge in [-0.2, -0.15) is 0 Å². The quantitative estimate of drug-likeness (QED) is 0.610. The number of alkyl halides is 3. The van der Waals surface area contributed by atoms with Crippen molar-refractivity contribution in [3.05, 3.63) is 18.0 Å². The summed E-state index contributed by atoms with van der Waals surface area (Å²) >= 11 is 16.5. The van der Waals surface area contributed by atoms with E-state index in [1.165, 1.54) is 0 Å². The smallest absolute Gasteiger partial charge is 0.110 e. The summed E-state index contributed by atoms with van der Waals surface area (Å²) in [5.74, 6) is 0. The summed E-state index contributed by atoms with van der Waals surface area (Å²) in [5.41, 5.74) is -0.0295. The highest BCUT2D eigenvalue weighted by molar-refractivity contribution is 9.25. The van der Waals surface area contributed by atoms with E-state index in [0.717, 1.165) is 5.33 Å². The van der Waals surface area contributed by atoms with E-state index in [1.54, 1.807) is 6.08 Å². The molecule has 0 rings (SSSR count). The Bertz CT molecular complexity index is 166. The van der Waals surface area contributed by atoms with Crippen LogP contribution in [0.5, 0.6) is 0 Å². The molecule has 0 aliphatic rings. The molecule has 0 nitrogen and oxygen atoms in total. The molecule has 0 fully saturated rings. The van der Waals surface area contributed by atoms with Gasteiger partial charge in [-0.05, 0) is 0 Å². The molecular weight excluding hydrogens is 371 g/mol. The first-order valence-electron chi connectivity index (χ1n) is 3.38. The lowest BCUT2D eigenvalue weighted by Crippen LogP contribution is -2.37. The van der Waals surface area contributed by atoms with Crippen molar-refractivity contribution in [3.63, 3.8) is 0 Å². The van der Waals surface area contributed by atoms with Gasteiger partial charge in [0.25, 0.3) is 0 Å². The topological polar surface area (TPSA) is 0 Å². The van der Waals surface area contributed by atoms with Gasteiger partial charge in [0.2, 0.25) is 0 Å². The van der Waals surface area contributed by atoms with Crippen LogP contribution >= 0.6 is 59.4 Å². The normalized spacial score (nSPS) is 13.6. The molecular formula is C8H11Br3Cl. The summed E-state index contributed by atoms with van der Waals surface area (Å²) in [6, 6.07) is 0. The van der Waals surface area contributed by atoms with Crippen molar-refractivity contribution in [1.82, 2.24) is 0 Å². The fraction of sp³-hybridized carbons (Fsp3) is 0.625. The SMILES string of the molecule is C=C[C](Cl)C(Br)(Br)C(C)(C)CBr. The van der Waals surface area contributed by atoms with Crippen LogP contribution in [-0.2, 0) is 0 Å². The number of hydrogen-bond acceptors (Lipinski definition) is 0. The van der Waals surface area contributed by atoms with E-state index in [4.69, 9.17) is 11.6 Å². The van der Waals surface area contributed by atoms with E-state index >= 15 is 0 Å². The Morgan fingerprint density at radius 3 is 2.17 bits per heavy atom. The second-order valence-electron chi connectivity index (χ2n) is 3.14. The standard InChI is InChI=1S/C8H11Br3Cl/c1-4-6(12)8(10,11)7(2,3)5-9/h4H,1,5H2,2-3H3. The average molecular weight is 382 g/mol. The first-order valence-corrected chi connectivity index (χ1v) is 6.47. The molecule has 0 aromatic rings. The van der Waals surface area contributed by atoms with Gasteiger partial charge in [-0.3, -0.25) is 0 Å². The molecule has 0 saturated heterocycles. The van der Waals surface area contributed by atoms with E-state index in [2.05, 4.69) is 68.2 Å². The molecule has 4 heteroatoms. The van der Waals surface area contributed by atoms with E-state index < -0.39 is 3.23 Å². The predicted molar refractivity (Wildman–Crippen MR) is 67.5 cm³/mol. The third-order valence-corrected chi connectivity index (χ3v) is 6.96. The first kappa shape index (κ1) is 13.5. The highest BCUT2D eigenvalue weighted by atomic mass is 79.9. The van der Waals surface area contributed by atoms with Gasteiger partial charge in [-0.25, -0.2) is 0 Å². The van der Waals surface area contributed by atoms with Crippen LogP contribution in [0.3, 0.4) is 0 Å².